The fraction of sp³-hybridized carbons (Fsp3) is 0.909. The molecule has 0 heterocycles. The van der Waals surface area contributed by atoms with Gasteiger partial charge in [0.15, 0.2) is 0 Å². The van der Waals surface area contributed by atoms with E-state index in [1.165, 1.54) is 32.1 Å². The predicted molar refractivity (Wildman–Crippen MR) is 54.2 cm³/mol. The number of rotatable bonds is 5. The van der Waals surface area contributed by atoms with Crippen molar-refractivity contribution < 1.29 is 14.6 Å². The molecule has 1 rings (SSSR count). The third-order valence-corrected chi connectivity index (χ3v) is 3.13. The molecule has 1 aliphatic rings. The lowest BCUT2D eigenvalue weighted by molar-refractivity contribution is -0.139. The van der Waals surface area contributed by atoms with Gasteiger partial charge >= 0.3 is 5.97 Å². The van der Waals surface area contributed by atoms with Crippen LogP contribution in [0.15, 0.2) is 0 Å². The first-order chi connectivity index (χ1) is 6.74. The Balaban J connectivity index is 2.42. The molecule has 0 aliphatic heterocycles. The largest absolute Gasteiger partial charge is 0.481 e. The van der Waals surface area contributed by atoms with Gasteiger partial charge in [0.05, 0.1) is 6.42 Å². The Hall–Kier alpha value is -0.570. The molecule has 1 aliphatic carbocycles. The Bertz CT molecular complexity index is 173. The van der Waals surface area contributed by atoms with Gasteiger partial charge in [-0.2, -0.15) is 0 Å². The summed E-state index contributed by atoms with van der Waals surface area (Å²) in [6.07, 6.45) is 6.44. The van der Waals surface area contributed by atoms with E-state index in [0.29, 0.717) is 12.5 Å². The van der Waals surface area contributed by atoms with Crippen molar-refractivity contribution in [2.45, 2.75) is 38.5 Å². The highest BCUT2D eigenvalue weighted by Gasteiger charge is 2.25. The van der Waals surface area contributed by atoms with Crippen LogP contribution < -0.4 is 0 Å². The molecule has 1 saturated carbocycles. The van der Waals surface area contributed by atoms with Gasteiger partial charge in [0, 0.05) is 13.7 Å². The summed E-state index contributed by atoms with van der Waals surface area (Å²) in [4.78, 5) is 10.7. The standard InChI is InChI=1S/C11H20O3/c1-14-8-10(7-11(12)13)9-5-3-2-4-6-9/h9-10H,2-8H2,1H3,(H,12,13). The van der Waals surface area contributed by atoms with Gasteiger partial charge in [0.2, 0.25) is 0 Å². The molecule has 0 aromatic heterocycles. The summed E-state index contributed by atoms with van der Waals surface area (Å²) in [6, 6.07) is 0. The van der Waals surface area contributed by atoms with Gasteiger partial charge in [0.1, 0.15) is 0 Å². The number of methoxy groups -OCH3 is 1. The summed E-state index contributed by atoms with van der Waals surface area (Å²) >= 11 is 0. The first-order valence-electron chi connectivity index (χ1n) is 5.44. The van der Waals surface area contributed by atoms with Crippen LogP contribution in [-0.4, -0.2) is 24.8 Å². The molecule has 1 unspecified atom stereocenters. The maximum atomic E-state index is 10.7. The molecule has 0 spiro atoms. The highest BCUT2D eigenvalue weighted by Crippen LogP contribution is 2.31. The summed E-state index contributed by atoms with van der Waals surface area (Å²) in [5, 5.41) is 8.79. The number of hydrogen-bond acceptors (Lipinski definition) is 2. The molecular weight excluding hydrogens is 180 g/mol. The zero-order valence-electron chi connectivity index (χ0n) is 8.87. The number of ether oxygens (including phenoxy) is 1. The molecule has 82 valence electrons. The van der Waals surface area contributed by atoms with Gasteiger partial charge in [-0.3, -0.25) is 4.79 Å². The van der Waals surface area contributed by atoms with Crippen LogP contribution in [0.3, 0.4) is 0 Å². The second-order valence-electron chi connectivity index (χ2n) is 4.21. The van der Waals surface area contributed by atoms with E-state index in [1.54, 1.807) is 7.11 Å². The highest BCUT2D eigenvalue weighted by atomic mass is 16.5. The van der Waals surface area contributed by atoms with E-state index in [1.807, 2.05) is 0 Å². The van der Waals surface area contributed by atoms with Crippen molar-refractivity contribution in [3.05, 3.63) is 0 Å². The number of aliphatic carboxylic acids is 1. The first kappa shape index (κ1) is 11.5. The summed E-state index contributed by atoms with van der Waals surface area (Å²) < 4.78 is 5.09. The minimum absolute atomic E-state index is 0.220. The van der Waals surface area contributed by atoms with E-state index in [9.17, 15) is 4.79 Å². The van der Waals surface area contributed by atoms with E-state index in [2.05, 4.69) is 0 Å². The number of carboxylic acids is 1. The Kier molecular flexibility index (Phi) is 4.94. The molecule has 0 aromatic carbocycles. The van der Waals surface area contributed by atoms with Gasteiger partial charge in [-0.25, -0.2) is 0 Å². The van der Waals surface area contributed by atoms with Crippen LogP contribution in [-0.2, 0) is 9.53 Å². The summed E-state index contributed by atoms with van der Waals surface area (Å²) in [6.45, 7) is 0.594. The average Bonchev–Trinajstić information content (AvgIpc) is 2.18. The summed E-state index contributed by atoms with van der Waals surface area (Å²) in [7, 11) is 1.65. The topological polar surface area (TPSA) is 46.5 Å². The molecule has 0 aromatic rings. The molecule has 1 fully saturated rings. The molecule has 1 N–H and O–H groups in total. The highest BCUT2D eigenvalue weighted by molar-refractivity contribution is 5.67. The monoisotopic (exact) mass is 200 g/mol. The van der Waals surface area contributed by atoms with Crippen molar-refractivity contribution in [1.82, 2.24) is 0 Å². The van der Waals surface area contributed by atoms with Crippen LogP contribution in [0.25, 0.3) is 0 Å². The zero-order valence-corrected chi connectivity index (χ0v) is 8.87. The van der Waals surface area contributed by atoms with Gasteiger partial charge in [0.25, 0.3) is 0 Å². The lowest BCUT2D eigenvalue weighted by Gasteiger charge is -2.28. The lowest BCUT2D eigenvalue weighted by atomic mass is 9.79. The van der Waals surface area contributed by atoms with Gasteiger partial charge in [-0.1, -0.05) is 32.1 Å². The predicted octanol–water partition coefficient (Wildman–Crippen LogP) is 2.30. The Morgan fingerprint density at radius 1 is 1.43 bits per heavy atom. The number of carbonyl (C=O) groups is 1. The number of carboxylic acid groups (broad SMARTS) is 1. The molecule has 0 saturated heterocycles. The molecule has 0 amide bonds. The van der Waals surface area contributed by atoms with Gasteiger partial charge < -0.3 is 9.84 Å². The molecule has 1 atom stereocenters. The third-order valence-electron chi connectivity index (χ3n) is 3.13. The van der Waals surface area contributed by atoms with Crippen LogP contribution >= 0.6 is 0 Å². The average molecular weight is 200 g/mol. The molecule has 3 heteroatoms. The van der Waals surface area contributed by atoms with Crippen molar-refractivity contribution in [2.75, 3.05) is 13.7 Å². The van der Waals surface area contributed by atoms with Crippen LogP contribution in [0.4, 0.5) is 0 Å². The van der Waals surface area contributed by atoms with Crippen LogP contribution in [0, 0.1) is 11.8 Å². The third kappa shape index (κ3) is 3.66. The minimum Gasteiger partial charge on any atom is -0.481 e. The van der Waals surface area contributed by atoms with Crippen LogP contribution in [0.5, 0.6) is 0 Å². The van der Waals surface area contributed by atoms with Crippen molar-refractivity contribution in [3.8, 4) is 0 Å². The van der Waals surface area contributed by atoms with E-state index in [4.69, 9.17) is 9.84 Å². The second kappa shape index (κ2) is 6.02. The first-order valence-corrected chi connectivity index (χ1v) is 5.44. The maximum Gasteiger partial charge on any atom is 0.303 e. The van der Waals surface area contributed by atoms with Crippen molar-refractivity contribution in [1.29, 1.82) is 0 Å². The van der Waals surface area contributed by atoms with E-state index < -0.39 is 5.97 Å². The van der Waals surface area contributed by atoms with E-state index in [-0.39, 0.29) is 12.3 Å². The number of hydrogen-bond donors (Lipinski definition) is 1. The van der Waals surface area contributed by atoms with E-state index >= 15 is 0 Å². The van der Waals surface area contributed by atoms with Crippen molar-refractivity contribution in [3.63, 3.8) is 0 Å². The molecule has 3 nitrogen and oxygen atoms in total. The van der Waals surface area contributed by atoms with Gasteiger partial charge in [-0.15, -0.1) is 0 Å². The molecule has 14 heavy (non-hydrogen) atoms. The SMILES string of the molecule is COCC(CC(=O)O)C1CCCCC1. The second-order valence-corrected chi connectivity index (χ2v) is 4.21. The zero-order chi connectivity index (χ0) is 10.4. The maximum absolute atomic E-state index is 10.7. The van der Waals surface area contributed by atoms with Crippen molar-refractivity contribution >= 4 is 5.97 Å². The Labute approximate surface area is 85.5 Å². The smallest absolute Gasteiger partial charge is 0.303 e. The summed E-state index contributed by atoms with van der Waals surface area (Å²) in [5.74, 6) is 0.0928. The minimum atomic E-state index is -0.697. The van der Waals surface area contributed by atoms with E-state index in [0.717, 1.165) is 0 Å². The van der Waals surface area contributed by atoms with Crippen LogP contribution in [0.2, 0.25) is 0 Å². The lowest BCUT2D eigenvalue weighted by Crippen LogP contribution is -2.24. The Morgan fingerprint density at radius 2 is 2.07 bits per heavy atom. The van der Waals surface area contributed by atoms with Crippen LogP contribution in [0.1, 0.15) is 38.5 Å². The molecular formula is C11H20O3. The quantitative estimate of drug-likeness (QED) is 0.740. The van der Waals surface area contributed by atoms with Crippen molar-refractivity contribution in [2.24, 2.45) is 11.8 Å². The normalized spacial score (nSPS) is 20.6. The summed E-state index contributed by atoms with van der Waals surface area (Å²) in [5.41, 5.74) is 0. The van der Waals surface area contributed by atoms with Gasteiger partial charge in [-0.05, 0) is 11.8 Å². The fourth-order valence-corrected chi connectivity index (χ4v) is 2.41. The molecule has 0 radical (unpaired) electrons. The molecule has 0 bridgehead atoms. The fourth-order valence-electron chi connectivity index (χ4n) is 2.41. The Morgan fingerprint density at radius 3 is 2.57 bits per heavy atom.